The second-order valence-electron chi connectivity index (χ2n) is 3.63. The van der Waals surface area contributed by atoms with Crippen molar-refractivity contribution in [2.45, 2.75) is 6.92 Å². The molecule has 0 saturated carbocycles. The summed E-state index contributed by atoms with van der Waals surface area (Å²) in [7, 11) is 0. The Hall–Kier alpha value is -1.43. The summed E-state index contributed by atoms with van der Waals surface area (Å²) in [5, 5.41) is 2.82. The van der Waals surface area contributed by atoms with Crippen LogP contribution in [0.1, 0.15) is 16.1 Å². The van der Waals surface area contributed by atoms with Crippen LogP contribution in [-0.4, -0.2) is 10.9 Å². The van der Waals surface area contributed by atoms with Crippen LogP contribution >= 0.6 is 22.6 Å². The first-order valence-electron chi connectivity index (χ1n) is 5.15. The summed E-state index contributed by atoms with van der Waals surface area (Å²) < 4.78 is 1.13. The van der Waals surface area contributed by atoms with Crippen LogP contribution in [0, 0.1) is 10.5 Å². The molecule has 86 valence electrons. The predicted molar refractivity (Wildman–Crippen MR) is 76.1 cm³/mol. The maximum Gasteiger partial charge on any atom is 0.274 e. The number of amides is 1. The molecule has 1 N–H and O–H groups in total. The number of anilines is 1. The van der Waals surface area contributed by atoms with Crippen LogP contribution in [0.3, 0.4) is 0 Å². The quantitative estimate of drug-likeness (QED) is 0.854. The van der Waals surface area contributed by atoms with Gasteiger partial charge in [-0.1, -0.05) is 12.1 Å². The van der Waals surface area contributed by atoms with E-state index in [1.807, 2.05) is 25.1 Å². The third kappa shape index (κ3) is 3.03. The van der Waals surface area contributed by atoms with E-state index in [0.29, 0.717) is 5.69 Å². The lowest BCUT2D eigenvalue weighted by molar-refractivity contribution is 0.102. The Balaban J connectivity index is 2.16. The van der Waals surface area contributed by atoms with E-state index >= 15 is 0 Å². The third-order valence-electron chi connectivity index (χ3n) is 2.33. The molecule has 2 rings (SSSR count). The maximum absolute atomic E-state index is 11.8. The number of nitrogens with one attached hydrogen (secondary N) is 1. The van der Waals surface area contributed by atoms with Gasteiger partial charge in [0.1, 0.15) is 5.69 Å². The van der Waals surface area contributed by atoms with Crippen LogP contribution < -0.4 is 5.32 Å². The standard InChI is InChI=1S/C13H11IN2O/c1-9-5-6-10(8-11(9)14)16-13(17)12-4-2-3-7-15-12/h2-8H,1H3,(H,16,17). The molecule has 4 heteroatoms. The summed E-state index contributed by atoms with van der Waals surface area (Å²) in [5.74, 6) is -0.190. The fourth-order valence-electron chi connectivity index (χ4n) is 1.36. The van der Waals surface area contributed by atoms with E-state index in [1.165, 1.54) is 5.56 Å². The normalized spacial score (nSPS) is 10.0. The summed E-state index contributed by atoms with van der Waals surface area (Å²) in [6.45, 7) is 2.03. The van der Waals surface area contributed by atoms with Gasteiger partial charge in [-0.15, -0.1) is 0 Å². The minimum atomic E-state index is -0.190. The highest BCUT2D eigenvalue weighted by atomic mass is 127. The van der Waals surface area contributed by atoms with E-state index < -0.39 is 0 Å². The zero-order chi connectivity index (χ0) is 12.3. The first-order chi connectivity index (χ1) is 8.16. The smallest absolute Gasteiger partial charge is 0.274 e. The van der Waals surface area contributed by atoms with Crippen molar-refractivity contribution in [2.24, 2.45) is 0 Å². The Morgan fingerprint density at radius 2 is 2.12 bits per heavy atom. The van der Waals surface area contributed by atoms with Crippen LogP contribution in [-0.2, 0) is 0 Å². The number of carbonyl (C=O) groups excluding carboxylic acids is 1. The Morgan fingerprint density at radius 3 is 2.76 bits per heavy atom. The molecular formula is C13H11IN2O. The largest absolute Gasteiger partial charge is 0.321 e. The highest BCUT2D eigenvalue weighted by molar-refractivity contribution is 14.1. The number of aryl methyl sites for hydroxylation is 1. The molecule has 0 fully saturated rings. The van der Waals surface area contributed by atoms with Crippen LogP contribution in [0.5, 0.6) is 0 Å². The molecule has 1 amide bonds. The Bertz CT molecular complexity index is 540. The van der Waals surface area contributed by atoms with Crippen molar-refractivity contribution in [3.63, 3.8) is 0 Å². The first kappa shape index (κ1) is 12.0. The van der Waals surface area contributed by atoms with Crippen molar-refractivity contribution in [3.05, 3.63) is 57.4 Å². The molecular weight excluding hydrogens is 327 g/mol. The van der Waals surface area contributed by atoms with Crippen molar-refractivity contribution >= 4 is 34.2 Å². The number of rotatable bonds is 2. The summed E-state index contributed by atoms with van der Waals surface area (Å²) in [4.78, 5) is 15.8. The molecule has 0 unspecified atom stereocenters. The van der Waals surface area contributed by atoms with Gasteiger partial charge in [0.05, 0.1) is 0 Å². The van der Waals surface area contributed by atoms with E-state index in [4.69, 9.17) is 0 Å². The van der Waals surface area contributed by atoms with Crippen molar-refractivity contribution in [1.29, 1.82) is 0 Å². The van der Waals surface area contributed by atoms with Crippen molar-refractivity contribution in [3.8, 4) is 0 Å². The number of halogens is 1. The van der Waals surface area contributed by atoms with E-state index in [1.54, 1.807) is 24.4 Å². The van der Waals surface area contributed by atoms with Gasteiger partial charge in [0.2, 0.25) is 0 Å². The molecule has 1 aromatic carbocycles. The average molecular weight is 338 g/mol. The van der Waals surface area contributed by atoms with Gasteiger partial charge in [0.15, 0.2) is 0 Å². The molecule has 0 aliphatic heterocycles. The zero-order valence-electron chi connectivity index (χ0n) is 9.27. The molecule has 3 nitrogen and oxygen atoms in total. The highest BCUT2D eigenvalue weighted by Gasteiger charge is 2.06. The molecule has 1 heterocycles. The molecule has 0 atom stereocenters. The monoisotopic (exact) mass is 338 g/mol. The number of benzene rings is 1. The van der Waals surface area contributed by atoms with E-state index in [9.17, 15) is 4.79 Å². The number of hydrogen-bond acceptors (Lipinski definition) is 2. The number of aromatic nitrogens is 1. The van der Waals surface area contributed by atoms with Crippen LogP contribution in [0.4, 0.5) is 5.69 Å². The van der Waals surface area contributed by atoms with Gasteiger partial charge in [-0.2, -0.15) is 0 Å². The highest BCUT2D eigenvalue weighted by Crippen LogP contribution is 2.17. The minimum absolute atomic E-state index is 0.190. The Morgan fingerprint density at radius 1 is 1.29 bits per heavy atom. The second-order valence-corrected chi connectivity index (χ2v) is 4.80. The Kier molecular flexibility index (Phi) is 3.73. The molecule has 17 heavy (non-hydrogen) atoms. The summed E-state index contributed by atoms with van der Waals surface area (Å²) in [6.07, 6.45) is 1.60. The topological polar surface area (TPSA) is 42.0 Å². The van der Waals surface area contributed by atoms with Crippen molar-refractivity contribution < 1.29 is 4.79 Å². The van der Waals surface area contributed by atoms with E-state index in [2.05, 4.69) is 32.9 Å². The number of hydrogen-bond donors (Lipinski definition) is 1. The summed E-state index contributed by atoms with van der Waals surface area (Å²) in [6, 6.07) is 11.1. The third-order valence-corrected chi connectivity index (χ3v) is 3.49. The van der Waals surface area contributed by atoms with Crippen LogP contribution in [0.2, 0.25) is 0 Å². The molecule has 0 bridgehead atoms. The molecule has 0 aliphatic rings. The van der Waals surface area contributed by atoms with Gasteiger partial charge in [-0.3, -0.25) is 9.78 Å². The van der Waals surface area contributed by atoms with E-state index in [-0.39, 0.29) is 5.91 Å². The number of nitrogens with zero attached hydrogens (tertiary/aromatic N) is 1. The molecule has 0 radical (unpaired) electrons. The molecule has 0 spiro atoms. The Labute approximate surface area is 113 Å². The summed E-state index contributed by atoms with van der Waals surface area (Å²) in [5.41, 5.74) is 2.40. The molecule has 0 aliphatic carbocycles. The van der Waals surface area contributed by atoms with E-state index in [0.717, 1.165) is 9.26 Å². The molecule has 0 saturated heterocycles. The number of carbonyl (C=O) groups is 1. The summed E-state index contributed by atoms with van der Waals surface area (Å²) >= 11 is 2.24. The van der Waals surface area contributed by atoms with Gasteiger partial charge >= 0.3 is 0 Å². The fraction of sp³-hybridized carbons (Fsp3) is 0.0769. The van der Waals surface area contributed by atoms with Gasteiger partial charge in [-0.25, -0.2) is 0 Å². The minimum Gasteiger partial charge on any atom is -0.321 e. The van der Waals surface area contributed by atoms with Gasteiger partial charge < -0.3 is 5.32 Å². The number of pyridine rings is 1. The SMILES string of the molecule is Cc1ccc(NC(=O)c2ccccn2)cc1I. The zero-order valence-corrected chi connectivity index (χ0v) is 11.4. The fourth-order valence-corrected chi connectivity index (χ4v) is 1.88. The van der Waals surface area contributed by atoms with Gasteiger partial charge in [0.25, 0.3) is 5.91 Å². The lowest BCUT2D eigenvalue weighted by atomic mass is 10.2. The van der Waals surface area contributed by atoms with Crippen molar-refractivity contribution in [2.75, 3.05) is 5.32 Å². The van der Waals surface area contributed by atoms with Gasteiger partial charge in [-0.05, 0) is 59.3 Å². The van der Waals surface area contributed by atoms with Crippen LogP contribution in [0.15, 0.2) is 42.6 Å². The molecule has 2 aromatic rings. The first-order valence-corrected chi connectivity index (χ1v) is 6.23. The van der Waals surface area contributed by atoms with Gasteiger partial charge in [0, 0.05) is 15.5 Å². The molecule has 1 aromatic heterocycles. The van der Waals surface area contributed by atoms with Crippen molar-refractivity contribution in [1.82, 2.24) is 4.98 Å². The predicted octanol–water partition coefficient (Wildman–Crippen LogP) is 3.25. The lowest BCUT2D eigenvalue weighted by Gasteiger charge is -2.06. The van der Waals surface area contributed by atoms with Crippen LogP contribution in [0.25, 0.3) is 0 Å². The second kappa shape index (κ2) is 5.27. The lowest BCUT2D eigenvalue weighted by Crippen LogP contribution is -2.13. The maximum atomic E-state index is 11.8. The average Bonchev–Trinajstić information content (AvgIpc) is 2.35.